The number of benzene rings is 1. The summed E-state index contributed by atoms with van der Waals surface area (Å²) in [4.78, 5) is 21.2. The van der Waals surface area contributed by atoms with Crippen LogP contribution < -0.4 is 10.1 Å². The van der Waals surface area contributed by atoms with E-state index < -0.39 is 0 Å². The fraction of sp³-hybridized carbons (Fsp3) is 0.474. The number of carbonyl (C=O) groups excluding carboxylic acids is 1. The summed E-state index contributed by atoms with van der Waals surface area (Å²) in [6.45, 7) is 6.82. The van der Waals surface area contributed by atoms with Crippen molar-refractivity contribution in [3.05, 3.63) is 41.4 Å². The predicted octanol–water partition coefficient (Wildman–Crippen LogP) is 2.34. The van der Waals surface area contributed by atoms with Crippen LogP contribution in [0.4, 0.5) is 5.13 Å². The van der Waals surface area contributed by atoms with Gasteiger partial charge in [-0.05, 0) is 31.0 Å². The van der Waals surface area contributed by atoms with Gasteiger partial charge in [0.05, 0.1) is 13.2 Å². The van der Waals surface area contributed by atoms with E-state index >= 15 is 0 Å². The van der Waals surface area contributed by atoms with E-state index in [0.29, 0.717) is 5.13 Å². The highest BCUT2D eigenvalue weighted by atomic mass is 32.1. The van der Waals surface area contributed by atoms with E-state index in [1.807, 2.05) is 24.4 Å². The molecule has 2 aromatic rings. The van der Waals surface area contributed by atoms with Crippen LogP contribution in [0.3, 0.4) is 0 Å². The second-order valence-electron chi connectivity index (χ2n) is 6.48. The minimum absolute atomic E-state index is 0.0200. The fourth-order valence-electron chi connectivity index (χ4n) is 3.11. The third kappa shape index (κ3) is 5.03. The molecule has 1 fully saturated rings. The Balaban J connectivity index is 1.41. The van der Waals surface area contributed by atoms with E-state index in [2.05, 4.69) is 32.2 Å². The molecular formula is C19H26N4O2S. The van der Waals surface area contributed by atoms with Gasteiger partial charge >= 0.3 is 0 Å². The van der Waals surface area contributed by atoms with Crippen molar-refractivity contribution in [2.75, 3.05) is 45.2 Å². The number of aromatic nitrogens is 1. The Kier molecular flexibility index (Phi) is 6.60. The van der Waals surface area contributed by atoms with Gasteiger partial charge in [-0.15, -0.1) is 11.3 Å². The molecule has 1 unspecified atom stereocenters. The van der Waals surface area contributed by atoms with Crippen molar-refractivity contribution in [1.29, 1.82) is 0 Å². The smallest absolute Gasteiger partial charge is 0.243 e. The average molecular weight is 375 g/mol. The van der Waals surface area contributed by atoms with Gasteiger partial charge in [-0.1, -0.05) is 12.1 Å². The summed E-state index contributed by atoms with van der Waals surface area (Å²) < 4.78 is 5.20. The second kappa shape index (κ2) is 9.12. The predicted molar refractivity (Wildman–Crippen MR) is 105 cm³/mol. The van der Waals surface area contributed by atoms with Gasteiger partial charge in [0.25, 0.3) is 0 Å². The Morgan fingerprint density at radius 2 is 2.00 bits per heavy atom. The van der Waals surface area contributed by atoms with Crippen molar-refractivity contribution < 1.29 is 9.53 Å². The van der Waals surface area contributed by atoms with E-state index in [4.69, 9.17) is 4.74 Å². The Morgan fingerprint density at radius 3 is 2.62 bits per heavy atom. The fourth-order valence-corrected chi connectivity index (χ4v) is 3.65. The van der Waals surface area contributed by atoms with E-state index in [9.17, 15) is 4.79 Å². The minimum Gasteiger partial charge on any atom is -0.497 e. The number of amides is 1. The van der Waals surface area contributed by atoms with Gasteiger partial charge in [0.1, 0.15) is 5.75 Å². The van der Waals surface area contributed by atoms with Crippen molar-refractivity contribution in [2.24, 2.45) is 0 Å². The Hall–Kier alpha value is -1.96. The van der Waals surface area contributed by atoms with Gasteiger partial charge in [-0.25, -0.2) is 4.98 Å². The largest absolute Gasteiger partial charge is 0.497 e. The van der Waals surface area contributed by atoms with Crippen molar-refractivity contribution in [3.63, 3.8) is 0 Å². The van der Waals surface area contributed by atoms with Crippen molar-refractivity contribution in [3.8, 4) is 5.75 Å². The molecule has 0 spiro atoms. The maximum absolute atomic E-state index is 12.3. The molecule has 1 saturated heterocycles. The first kappa shape index (κ1) is 18.8. The molecule has 1 aromatic heterocycles. The monoisotopic (exact) mass is 374 g/mol. The molecule has 6 nitrogen and oxygen atoms in total. The lowest BCUT2D eigenvalue weighted by atomic mass is 10.1. The quantitative estimate of drug-likeness (QED) is 0.806. The van der Waals surface area contributed by atoms with E-state index in [1.54, 1.807) is 13.3 Å². The van der Waals surface area contributed by atoms with Gasteiger partial charge in [0, 0.05) is 44.3 Å². The van der Waals surface area contributed by atoms with E-state index in [1.165, 1.54) is 16.9 Å². The molecule has 1 aliphatic rings. The third-order valence-corrected chi connectivity index (χ3v) is 5.56. The molecule has 26 heavy (non-hydrogen) atoms. The molecule has 1 aliphatic heterocycles. The van der Waals surface area contributed by atoms with Crippen LogP contribution in [-0.4, -0.2) is 66.6 Å². The average Bonchev–Trinajstić information content (AvgIpc) is 3.19. The Bertz CT molecular complexity index is 682. The number of thiazole rings is 1. The zero-order chi connectivity index (χ0) is 18.4. The summed E-state index contributed by atoms with van der Waals surface area (Å²) in [5, 5.41) is 5.42. The number of carbonyl (C=O) groups is 1. The lowest BCUT2D eigenvalue weighted by Crippen LogP contribution is -2.53. The Labute approximate surface area is 158 Å². The maximum Gasteiger partial charge on any atom is 0.243 e. The first-order valence-corrected chi connectivity index (χ1v) is 9.83. The molecule has 140 valence electrons. The zero-order valence-electron chi connectivity index (χ0n) is 15.4. The zero-order valence-corrected chi connectivity index (χ0v) is 16.2. The third-order valence-electron chi connectivity index (χ3n) is 4.87. The highest BCUT2D eigenvalue weighted by Crippen LogP contribution is 2.15. The SMILES string of the molecule is COc1ccc(CCN2CCN(C(C)C(=O)Nc3nccs3)CC2)cc1. The number of methoxy groups -OCH3 is 1. The molecule has 0 bridgehead atoms. The summed E-state index contributed by atoms with van der Waals surface area (Å²) >= 11 is 1.44. The lowest BCUT2D eigenvalue weighted by Gasteiger charge is -2.37. The topological polar surface area (TPSA) is 57.7 Å². The first-order chi connectivity index (χ1) is 12.7. The molecule has 7 heteroatoms. The van der Waals surface area contributed by atoms with Crippen LogP contribution in [0.2, 0.25) is 0 Å². The summed E-state index contributed by atoms with van der Waals surface area (Å²) in [5.41, 5.74) is 1.32. The van der Waals surface area contributed by atoms with Crippen LogP contribution in [-0.2, 0) is 11.2 Å². The number of rotatable bonds is 7. The number of hydrogen-bond donors (Lipinski definition) is 1. The number of anilines is 1. The summed E-state index contributed by atoms with van der Waals surface area (Å²) in [6.07, 6.45) is 2.73. The normalized spacial score (nSPS) is 17.0. The molecule has 1 aromatic carbocycles. The van der Waals surface area contributed by atoms with Crippen LogP contribution in [0.25, 0.3) is 0 Å². The highest BCUT2D eigenvalue weighted by molar-refractivity contribution is 7.13. The lowest BCUT2D eigenvalue weighted by molar-refractivity contribution is -0.121. The van der Waals surface area contributed by atoms with Crippen LogP contribution >= 0.6 is 11.3 Å². The number of ether oxygens (including phenoxy) is 1. The summed E-state index contributed by atoms with van der Waals surface area (Å²) in [5.74, 6) is 0.916. The summed E-state index contributed by atoms with van der Waals surface area (Å²) in [7, 11) is 1.69. The van der Waals surface area contributed by atoms with Crippen molar-refractivity contribution in [2.45, 2.75) is 19.4 Å². The van der Waals surface area contributed by atoms with Gasteiger partial charge in [0.15, 0.2) is 5.13 Å². The number of piperazine rings is 1. The minimum atomic E-state index is -0.136. The van der Waals surface area contributed by atoms with Gasteiger partial charge in [0.2, 0.25) is 5.91 Å². The molecule has 0 radical (unpaired) electrons. The number of nitrogens with one attached hydrogen (secondary N) is 1. The maximum atomic E-state index is 12.3. The van der Waals surface area contributed by atoms with Gasteiger partial charge in [-0.2, -0.15) is 0 Å². The Morgan fingerprint density at radius 1 is 1.27 bits per heavy atom. The van der Waals surface area contributed by atoms with E-state index in [0.717, 1.165) is 44.9 Å². The van der Waals surface area contributed by atoms with E-state index in [-0.39, 0.29) is 11.9 Å². The number of nitrogens with zero attached hydrogens (tertiary/aromatic N) is 3. The van der Waals surface area contributed by atoms with Crippen molar-refractivity contribution >= 4 is 22.4 Å². The van der Waals surface area contributed by atoms with Crippen molar-refractivity contribution in [1.82, 2.24) is 14.8 Å². The highest BCUT2D eigenvalue weighted by Gasteiger charge is 2.25. The van der Waals surface area contributed by atoms with Crippen LogP contribution in [0, 0.1) is 0 Å². The van der Waals surface area contributed by atoms with Crippen LogP contribution in [0.5, 0.6) is 5.75 Å². The molecule has 0 saturated carbocycles. The molecular weight excluding hydrogens is 348 g/mol. The van der Waals surface area contributed by atoms with Gasteiger partial charge < -0.3 is 15.0 Å². The standard InChI is InChI=1S/C19H26N4O2S/c1-15(18(24)21-19-20-8-14-26-19)23-12-10-22(11-13-23)9-7-16-3-5-17(25-2)6-4-16/h3-6,8,14-15H,7,9-13H2,1-2H3,(H,20,21,24). The number of hydrogen-bond acceptors (Lipinski definition) is 6. The molecule has 1 atom stereocenters. The molecule has 3 rings (SSSR count). The second-order valence-corrected chi connectivity index (χ2v) is 7.37. The molecule has 1 amide bonds. The molecule has 2 heterocycles. The van der Waals surface area contributed by atoms with Gasteiger partial charge in [-0.3, -0.25) is 9.69 Å². The van der Waals surface area contributed by atoms with Crippen LogP contribution in [0.15, 0.2) is 35.8 Å². The summed E-state index contributed by atoms with van der Waals surface area (Å²) in [6, 6.07) is 8.13. The molecule has 1 N–H and O–H groups in total. The molecule has 0 aliphatic carbocycles. The van der Waals surface area contributed by atoms with Crippen LogP contribution in [0.1, 0.15) is 12.5 Å². The first-order valence-electron chi connectivity index (χ1n) is 8.95.